The van der Waals surface area contributed by atoms with Crippen LogP contribution in [0.5, 0.6) is 5.88 Å². The van der Waals surface area contributed by atoms with Crippen LogP contribution in [0.1, 0.15) is 18.5 Å². The lowest BCUT2D eigenvalue weighted by molar-refractivity contribution is 0.102. The topological polar surface area (TPSA) is 67.3 Å². The molecule has 0 bridgehead atoms. The van der Waals surface area contributed by atoms with E-state index in [4.69, 9.17) is 16.3 Å². The first-order valence-electron chi connectivity index (χ1n) is 6.22. The number of halogens is 1. The molecule has 0 aliphatic rings. The number of rotatable bonds is 7. The molecule has 1 unspecified atom stereocenters. The van der Waals surface area contributed by atoms with Crippen molar-refractivity contribution in [2.75, 3.05) is 13.2 Å². The Hall–Kier alpha value is -1.21. The van der Waals surface area contributed by atoms with Gasteiger partial charge in [0.25, 0.3) is 0 Å². The first kappa shape index (κ1) is 15.2. The molecule has 0 spiro atoms. The zero-order valence-electron chi connectivity index (χ0n) is 11.0. The Balaban J connectivity index is 1.72. The maximum atomic E-state index is 9.83. The molecule has 2 rings (SSSR count). The van der Waals surface area contributed by atoms with Gasteiger partial charge in [0.15, 0.2) is 0 Å². The van der Waals surface area contributed by atoms with Crippen LogP contribution in [0.4, 0.5) is 0 Å². The van der Waals surface area contributed by atoms with E-state index >= 15 is 0 Å². The van der Waals surface area contributed by atoms with Crippen molar-refractivity contribution in [2.24, 2.45) is 0 Å². The second-order valence-corrected chi connectivity index (χ2v) is 5.39. The van der Waals surface area contributed by atoms with Crippen molar-refractivity contribution in [2.45, 2.75) is 19.1 Å². The third-order valence-corrected chi connectivity index (χ3v) is 3.51. The fraction of sp³-hybridized carbons (Fsp3) is 0.385. The number of aliphatic hydroxyl groups excluding tert-OH is 1. The average Bonchev–Trinajstić information content (AvgIpc) is 2.96. The van der Waals surface area contributed by atoms with Gasteiger partial charge in [0.1, 0.15) is 18.9 Å². The van der Waals surface area contributed by atoms with Crippen LogP contribution in [-0.4, -0.2) is 33.1 Å². The van der Waals surface area contributed by atoms with Gasteiger partial charge in [0, 0.05) is 17.6 Å². The minimum absolute atomic E-state index is 0.128. The van der Waals surface area contributed by atoms with Gasteiger partial charge < -0.3 is 15.2 Å². The Morgan fingerprint density at radius 1 is 1.40 bits per heavy atom. The number of benzene rings is 1. The Morgan fingerprint density at radius 3 is 2.80 bits per heavy atom. The van der Waals surface area contributed by atoms with Crippen LogP contribution >= 0.6 is 23.3 Å². The van der Waals surface area contributed by atoms with E-state index in [0.717, 1.165) is 17.3 Å². The van der Waals surface area contributed by atoms with Gasteiger partial charge in [-0.05, 0) is 24.6 Å². The maximum Gasteiger partial charge on any atom is 0.245 e. The molecule has 2 N–H and O–H groups in total. The Labute approximate surface area is 126 Å². The lowest BCUT2D eigenvalue weighted by Gasteiger charge is -2.17. The van der Waals surface area contributed by atoms with Crippen molar-refractivity contribution in [3.8, 4) is 5.88 Å². The standard InChI is InChI=1S/C13H16ClN3O2S/c1-9(10-2-4-11(14)5-3-10)15-6-12(18)8-19-13-7-16-20-17-13/h2-5,7,9,12,15,18H,6,8H2,1H3/t9-,12?/m1/s1. The highest BCUT2D eigenvalue weighted by Crippen LogP contribution is 2.15. The summed E-state index contributed by atoms with van der Waals surface area (Å²) in [5, 5.41) is 13.8. The van der Waals surface area contributed by atoms with Crippen molar-refractivity contribution in [3.05, 3.63) is 41.0 Å². The van der Waals surface area contributed by atoms with E-state index in [2.05, 4.69) is 14.1 Å². The first-order chi connectivity index (χ1) is 9.65. The van der Waals surface area contributed by atoms with Crippen LogP contribution in [0.15, 0.2) is 30.5 Å². The normalized spacial score (nSPS) is 13.9. The first-order valence-corrected chi connectivity index (χ1v) is 7.33. The van der Waals surface area contributed by atoms with E-state index in [1.807, 2.05) is 31.2 Å². The molecular weight excluding hydrogens is 298 g/mol. The van der Waals surface area contributed by atoms with E-state index in [0.29, 0.717) is 17.4 Å². The van der Waals surface area contributed by atoms with Crippen molar-refractivity contribution in [3.63, 3.8) is 0 Å². The molecule has 2 atom stereocenters. The van der Waals surface area contributed by atoms with Crippen molar-refractivity contribution in [1.29, 1.82) is 0 Å². The summed E-state index contributed by atoms with van der Waals surface area (Å²) in [5.41, 5.74) is 1.12. The monoisotopic (exact) mass is 313 g/mol. The molecule has 0 saturated carbocycles. The van der Waals surface area contributed by atoms with Crippen LogP contribution in [0.3, 0.4) is 0 Å². The number of nitrogens with one attached hydrogen (secondary N) is 1. The summed E-state index contributed by atoms with van der Waals surface area (Å²) in [6.07, 6.45) is 0.924. The van der Waals surface area contributed by atoms with E-state index in [9.17, 15) is 5.11 Å². The fourth-order valence-corrected chi connectivity index (χ4v) is 2.13. The fourth-order valence-electron chi connectivity index (χ4n) is 1.64. The molecule has 7 heteroatoms. The summed E-state index contributed by atoms with van der Waals surface area (Å²) in [5.74, 6) is 0.444. The Morgan fingerprint density at radius 2 is 2.15 bits per heavy atom. The van der Waals surface area contributed by atoms with E-state index in [1.54, 1.807) is 0 Å². The predicted molar refractivity (Wildman–Crippen MR) is 79.3 cm³/mol. The number of hydrogen-bond acceptors (Lipinski definition) is 6. The highest BCUT2D eigenvalue weighted by atomic mass is 35.5. The summed E-state index contributed by atoms with van der Waals surface area (Å²) in [6, 6.07) is 7.75. The summed E-state index contributed by atoms with van der Waals surface area (Å²) in [7, 11) is 0. The van der Waals surface area contributed by atoms with Gasteiger partial charge in [-0.1, -0.05) is 23.7 Å². The maximum absolute atomic E-state index is 9.83. The van der Waals surface area contributed by atoms with Crippen LogP contribution < -0.4 is 10.1 Å². The summed E-state index contributed by atoms with van der Waals surface area (Å²) < 4.78 is 13.0. The minimum Gasteiger partial charge on any atom is -0.473 e. The molecule has 108 valence electrons. The summed E-state index contributed by atoms with van der Waals surface area (Å²) in [6.45, 7) is 2.65. The van der Waals surface area contributed by atoms with Gasteiger partial charge >= 0.3 is 0 Å². The Kier molecular flexibility index (Phi) is 5.72. The van der Waals surface area contributed by atoms with Gasteiger partial charge in [-0.2, -0.15) is 4.37 Å². The average molecular weight is 314 g/mol. The Bertz CT molecular complexity index is 507. The van der Waals surface area contributed by atoms with Gasteiger partial charge in [0.2, 0.25) is 5.88 Å². The van der Waals surface area contributed by atoms with Gasteiger partial charge in [0.05, 0.1) is 11.7 Å². The number of aromatic nitrogens is 2. The lowest BCUT2D eigenvalue weighted by Crippen LogP contribution is -2.33. The SMILES string of the molecule is C[C@@H](NCC(O)COc1cnsn1)c1ccc(Cl)cc1. The van der Waals surface area contributed by atoms with Crippen LogP contribution in [-0.2, 0) is 0 Å². The van der Waals surface area contributed by atoms with Gasteiger partial charge in [-0.25, -0.2) is 0 Å². The largest absolute Gasteiger partial charge is 0.473 e. The van der Waals surface area contributed by atoms with Crippen LogP contribution in [0.25, 0.3) is 0 Å². The molecule has 2 aromatic rings. The van der Waals surface area contributed by atoms with Crippen LogP contribution in [0.2, 0.25) is 5.02 Å². The minimum atomic E-state index is -0.605. The molecule has 0 amide bonds. The van der Waals surface area contributed by atoms with E-state index < -0.39 is 6.10 Å². The zero-order valence-corrected chi connectivity index (χ0v) is 12.6. The third kappa shape index (κ3) is 4.72. The summed E-state index contributed by atoms with van der Waals surface area (Å²) >= 11 is 6.92. The molecule has 0 saturated heterocycles. The van der Waals surface area contributed by atoms with Crippen LogP contribution in [0, 0.1) is 0 Å². The van der Waals surface area contributed by atoms with Gasteiger partial charge in [-0.15, -0.1) is 4.37 Å². The zero-order chi connectivity index (χ0) is 14.4. The van der Waals surface area contributed by atoms with E-state index in [1.165, 1.54) is 6.20 Å². The highest BCUT2D eigenvalue weighted by Gasteiger charge is 2.10. The molecule has 0 radical (unpaired) electrons. The molecule has 0 aliphatic carbocycles. The van der Waals surface area contributed by atoms with Crippen molar-refractivity contribution >= 4 is 23.3 Å². The van der Waals surface area contributed by atoms with Crippen molar-refractivity contribution in [1.82, 2.24) is 14.1 Å². The molecule has 0 fully saturated rings. The second-order valence-electron chi connectivity index (χ2n) is 4.39. The highest BCUT2D eigenvalue weighted by molar-refractivity contribution is 6.99. The van der Waals surface area contributed by atoms with Crippen molar-refractivity contribution < 1.29 is 9.84 Å². The number of ether oxygens (including phenoxy) is 1. The summed E-state index contributed by atoms with van der Waals surface area (Å²) in [4.78, 5) is 0. The molecule has 20 heavy (non-hydrogen) atoms. The predicted octanol–water partition coefficient (Wildman–Crippen LogP) is 2.28. The molecule has 1 aromatic heterocycles. The molecule has 1 heterocycles. The smallest absolute Gasteiger partial charge is 0.245 e. The number of nitrogens with zero attached hydrogens (tertiary/aromatic N) is 2. The lowest BCUT2D eigenvalue weighted by atomic mass is 10.1. The molecule has 5 nitrogen and oxygen atoms in total. The molecular formula is C13H16ClN3O2S. The number of hydrogen-bond donors (Lipinski definition) is 2. The second kappa shape index (κ2) is 7.54. The quantitative estimate of drug-likeness (QED) is 0.821. The third-order valence-electron chi connectivity index (χ3n) is 2.79. The van der Waals surface area contributed by atoms with E-state index in [-0.39, 0.29) is 12.6 Å². The molecule has 1 aromatic carbocycles. The molecule has 0 aliphatic heterocycles. The number of aliphatic hydroxyl groups is 1. The van der Waals surface area contributed by atoms with Gasteiger partial charge in [-0.3, -0.25) is 0 Å².